The molecule has 25 heavy (non-hydrogen) atoms. The first kappa shape index (κ1) is 21.3. The zero-order valence-electron chi connectivity index (χ0n) is 16.4. The first-order chi connectivity index (χ1) is 11.9. The van der Waals surface area contributed by atoms with Crippen LogP contribution in [0.5, 0.6) is 5.75 Å². The van der Waals surface area contributed by atoms with Gasteiger partial charge in [-0.2, -0.15) is 0 Å². The van der Waals surface area contributed by atoms with E-state index in [1.54, 1.807) is 21.3 Å². The lowest BCUT2D eigenvalue weighted by atomic mass is 9.89. The number of nitrogens with one attached hydrogen (secondary N) is 2. The molecule has 6 heteroatoms. The van der Waals surface area contributed by atoms with Crippen LogP contribution < -0.4 is 15.4 Å². The maximum Gasteiger partial charge on any atom is 0.191 e. The molecule has 1 atom stereocenters. The summed E-state index contributed by atoms with van der Waals surface area (Å²) in [7, 11) is 5.17. The largest absolute Gasteiger partial charge is 0.491 e. The average Bonchev–Trinajstić information content (AvgIpc) is 2.58. The van der Waals surface area contributed by atoms with Crippen molar-refractivity contribution in [1.82, 2.24) is 10.6 Å². The molecule has 1 aromatic carbocycles. The maximum absolute atomic E-state index is 5.56. The van der Waals surface area contributed by atoms with E-state index in [4.69, 9.17) is 14.2 Å². The highest BCUT2D eigenvalue weighted by atomic mass is 16.5. The molecule has 0 aliphatic rings. The van der Waals surface area contributed by atoms with E-state index in [0.717, 1.165) is 17.3 Å². The van der Waals surface area contributed by atoms with E-state index < -0.39 is 0 Å². The lowest BCUT2D eigenvalue weighted by Gasteiger charge is -2.30. The quantitative estimate of drug-likeness (QED) is 0.406. The van der Waals surface area contributed by atoms with Crippen LogP contribution in [0.15, 0.2) is 29.3 Å². The predicted octanol–water partition coefficient (Wildman–Crippen LogP) is 2.44. The van der Waals surface area contributed by atoms with E-state index in [1.807, 2.05) is 24.3 Å². The van der Waals surface area contributed by atoms with E-state index in [0.29, 0.717) is 26.3 Å². The Hall–Kier alpha value is -1.79. The highest BCUT2D eigenvalue weighted by Gasteiger charge is 2.24. The second kappa shape index (κ2) is 10.9. The van der Waals surface area contributed by atoms with E-state index >= 15 is 0 Å². The van der Waals surface area contributed by atoms with Crippen molar-refractivity contribution >= 4 is 5.96 Å². The van der Waals surface area contributed by atoms with Crippen molar-refractivity contribution in [3.63, 3.8) is 0 Å². The number of hydrogen-bond acceptors (Lipinski definition) is 4. The minimum absolute atomic E-state index is 0.0687. The Kier molecular flexibility index (Phi) is 9.31. The number of rotatable bonds is 9. The molecule has 0 aliphatic carbocycles. The first-order valence-corrected chi connectivity index (χ1v) is 8.58. The second-order valence-electron chi connectivity index (χ2n) is 6.88. The van der Waals surface area contributed by atoms with Crippen LogP contribution in [0.25, 0.3) is 0 Å². The van der Waals surface area contributed by atoms with Crippen molar-refractivity contribution in [1.29, 1.82) is 0 Å². The summed E-state index contributed by atoms with van der Waals surface area (Å²) in [6, 6.07) is 8.00. The van der Waals surface area contributed by atoms with Gasteiger partial charge < -0.3 is 24.8 Å². The van der Waals surface area contributed by atoms with E-state index in [-0.39, 0.29) is 11.5 Å². The van der Waals surface area contributed by atoms with Crippen LogP contribution >= 0.6 is 0 Å². The summed E-state index contributed by atoms with van der Waals surface area (Å²) in [6.07, 6.45) is 0.106. The van der Waals surface area contributed by atoms with Gasteiger partial charge in [0, 0.05) is 34.4 Å². The van der Waals surface area contributed by atoms with Crippen molar-refractivity contribution in [2.45, 2.75) is 33.4 Å². The lowest BCUT2D eigenvalue weighted by Crippen LogP contribution is -2.45. The topological polar surface area (TPSA) is 64.1 Å². The molecule has 0 saturated heterocycles. The predicted molar refractivity (Wildman–Crippen MR) is 102 cm³/mol. The molecule has 0 fully saturated rings. The molecule has 6 nitrogen and oxygen atoms in total. The van der Waals surface area contributed by atoms with Gasteiger partial charge >= 0.3 is 0 Å². The number of benzene rings is 1. The van der Waals surface area contributed by atoms with E-state index in [9.17, 15) is 0 Å². The molecular weight excluding hydrogens is 318 g/mol. The third kappa shape index (κ3) is 8.23. The van der Waals surface area contributed by atoms with Crippen LogP contribution in [0, 0.1) is 5.41 Å². The Labute approximate surface area is 152 Å². The molecule has 0 saturated carbocycles. The summed E-state index contributed by atoms with van der Waals surface area (Å²) >= 11 is 0. The SMILES string of the molecule is CN=C(NCc1ccc(OCCOC)cc1)NCC(OC)C(C)(C)C. The number of nitrogens with zero attached hydrogens (tertiary/aromatic N) is 1. The molecule has 142 valence electrons. The molecule has 0 aromatic heterocycles. The zero-order chi connectivity index (χ0) is 18.7. The van der Waals surface area contributed by atoms with Gasteiger partial charge in [0.05, 0.1) is 12.7 Å². The molecular formula is C19H33N3O3. The van der Waals surface area contributed by atoms with Gasteiger partial charge in [-0.05, 0) is 23.1 Å². The summed E-state index contributed by atoms with van der Waals surface area (Å²) in [6.45, 7) is 9.01. The van der Waals surface area contributed by atoms with Gasteiger partial charge in [-0.1, -0.05) is 32.9 Å². The molecule has 0 heterocycles. The number of aliphatic imine (C=N–C) groups is 1. The Morgan fingerprint density at radius 3 is 2.28 bits per heavy atom. The minimum Gasteiger partial charge on any atom is -0.491 e. The van der Waals surface area contributed by atoms with Crippen molar-refractivity contribution in [2.24, 2.45) is 10.4 Å². The normalized spacial score (nSPS) is 13.4. The van der Waals surface area contributed by atoms with Gasteiger partial charge in [-0.25, -0.2) is 0 Å². The molecule has 1 rings (SSSR count). The molecule has 0 spiro atoms. The van der Waals surface area contributed by atoms with E-state index in [2.05, 4.69) is 36.4 Å². The van der Waals surface area contributed by atoms with Crippen LogP contribution in [0.1, 0.15) is 26.3 Å². The third-order valence-electron chi connectivity index (χ3n) is 3.87. The van der Waals surface area contributed by atoms with Crippen molar-refractivity contribution in [3.8, 4) is 5.75 Å². The van der Waals surface area contributed by atoms with Crippen LogP contribution in [-0.4, -0.2) is 53.1 Å². The van der Waals surface area contributed by atoms with Gasteiger partial charge in [-0.15, -0.1) is 0 Å². The summed E-state index contributed by atoms with van der Waals surface area (Å²) in [4.78, 5) is 4.26. The first-order valence-electron chi connectivity index (χ1n) is 8.58. The van der Waals surface area contributed by atoms with Crippen molar-refractivity contribution in [3.05, 3.63) is 29.8 Å². The average molecular weight is 351 g/mol. The molecule has 0 radical (unpaired) electrons. The summed E-state index contributed by atoms with van der Waals surface area (Å²) < 4.78 is 16.1. The highest BCUT2D eigenvalue weighted by Crippen LogP contribution is 2.20. The Balaban J connectivity index is 2.44. The molecule has 0 bridgehead atoms. The van der Waals surface area contributed by atoms with Gasteiger partial charge in [0.1, 0.15) is 12.4 Å². The third-order valence-corrected chi connectivity index (χ3v) is 3.87. The Morgan fingerprint density at radius 2 is 1.76 bits per heavy atom. The smallest absolute Gasteiger partial charge is 0.191 e. The number of guanidine groups is 1. The molecule has 0 aliphatic heterocycles. The summed E-state index contributed by atoms with van der Waals surface area (Å²) in [5, 5.41) is 6.63. The fourth-order valence-corrected chi connectivity index (χ4v) is 2.29. The van der Waals surface area contributed by atoms with Crippen LogP contribution in [0.2, 0.25) is 0 Å². The monoisotopic (exact) mass is 351 g/mol. The second-order valence-corrected chi connectivity index (χ2v) is 6.88. The highest BCUT2D eigenvalue weighted by molar-refractivity contribution is 5.79. The van der Waals surface area contributed by atoms with Crippen LogP contribution in [-0.2, 0) is 16.0 Å². The van der Waals surface area contributed by atoms with Crippen molar-refractivity contribution in [2.75, 3.05) is 41.0 Å². The van der Waals surface area contributed by atoms with Crippen LogP contribution in [0.3, 0.4) is 0 Å². The Morgan fingerprint density at radius 1 is 1.08 bits per heavy atom. The lowest BCUT2D eigenvalue weighted by molar-refractivity contribution is 0.0205. The fraction of sp³-hybridized carbons (Fsp3) is 0.632. The van der Waals surface area contributed by atoms with Gasteiger partial charge in [0.15, 0.2) is 5.96 Å². The van der Waals surface area contributed by atoms with Gasteiger partial charge in [0.25, 0.3) is 0 Å². The molecule has 1 aromatic rings. The minimum atomic E-state index is 0.0687. The standard InChI is InChI=1S/C19H33N3O3/c1-19(2,3)17(24-6)14-22-18(20-4)21-13-15-7-9-16(10-8-15)25-12-11-23-5/h7-10,17H,11-14H2,1-6H3,(H2,20,21,22). The molecule has 0 amide bonds. The maximum atomic E-state index is 5.56. The van der Waals surface area contributed by atoms with E-state index in [1.165, 1.54) is 0 Å². The summed E-state index contributed by atoms with van der Waals surface area (Å²) in [5.74, 6) is 1.60. The van der Waals surface area contributed by atoms with Gasteiger partial charge in [0.2, 0.25) is 0 Å². The number of ether oxygens (including phenoxy) is 3. The number of methoxy groups -OCH3 is 2. The summed E-state index contributed by atoms with van der Waals surface area (Å²) in [5.41, 5.74) is 1.22. The Bertz CT molecular complexity index is 510. The fourth-order valence-electron chi connectivity index (χ4n) is 2.29. The number of hydrogen-bond donors (Lipinski definition) is 2. The molecule has 1 unspecified atom stereocenters. The zero-order valence-corrected chi connectivity index (χ0v) is 16.4. The molecule has 2 N–H and O–H groups in total. The van der Waals surface area contributed by atoms with Crippen LogP contribution in [0.4, 0.5) is 0 Å². The van der Waals surface area contributed by atoms with Crippen molar-refractivity contribution < 1.29 is 14.2 Å². The van der Waals surface area contributed by atoms with Gasteiger partial charge in [-0.3, -0.25) is 4.99 Å².